The van der Waals surface area contributed by atoms with Gasteiger partial charge in [-0.3, -0.25) is 0 Å². The molecule has 0 atom stereocenters. The number of hydrogen-bond donors (Lipinski definition) is 1. The first kappa shape index (κ1) is 22.1. The lowest BCUT2D eigenvalue weighted by Crippen LogP contribution is -2.32. The number of amides is 1. The Labute approximate surface area is 176 Å². The minimum Gasteiger partial charge on any atom is -0.444 e. The van der Waals surface area contributed by atoms with E-state index in [0.717, 1.165) is 5.56 Å². The van der Waals surface area contributed by atoms with Gasteiger partial charge < -0.3 is 14.8 Å². The smallest absolute Gasteiger partial charge is 0.444 e. The molecule has 1 N–H and O–H groups in total. The van der Waals surface area contributed by atoms with Crippen LogP contribution in [0.4, 0.5) is 18.0 Å². The molecule has 0 saturated carbocycles. The normalized spacial score (nSPS) is 11.9. The summed E-state index contributed by atoms with van der Waals surface area (Å²) < 4.78 is 47.9. The molecule has 0 unspecified atom stereocenters. The number of ether oxygens (including phenoxy) is 2. The van der Waals surface area contributed by atoms with Gasteiger partial charge in [-0.2, -0.15) is 5.10 Å². The van der Waals surface area contributed by atoms with E-state index in [2.05, 4.69) is 26.7 Å². The van der Waals surface area contributed by atoms with Gasteiger partial charge in [0.15, 0.2) is 5.65 Å². The van der Waals surface area contributed by atoms with Gasteiger partial charge in [0.2, 0.25) is 0 Å². The molecular weight excluding hydrogens is 413 g/mol. The fraction of sp³-hybridized carbons (Fsp3) is 0.286. The fourth-order valence-electron chi connectivity index (χ4n) is 2.87. The van der Waals surface area contributed by atoms with Gasteiger partial charge >= 0.3 is 12.5 Å². The van der Waals surface area contributed by atoms with Crippen LogP contribution in [0.25, 0.3) is 22.8 Å². The number of halogens is 3. The third kappa shape index (κ3) is 5.53. The highest BCUT2D eigenvalue weighted by atomic mass is 19.4. The van der Waals surface area contributed by atoms with E-state index in [1.54, 1.807) is 39.1 Å². The summed E-state index contributed by atoms with van der Waals surface area (Å²) >= 11 is 0. The van der Waals surface area contributed by atoms with E-state index in [-0.39, 0.29) is 12.3 Å². The van der Waals surface area contributed by atoms with E-state index < -0.39 is 18.1 Å². The van der Waals surface area contributed by atoms with Crippen molar-refractivity contribution in [2.75, 3.05) is 0 Å². The van der Waals surface area contributed by atoms with Crippen molar-refractivity contribution < 1.29 is 27.4 Å². The van der Waals surface area contributed by atoms with Crippen LogP contribution < -0.4 is 10.1 Å². The molecule has 0 spiro atoms. The maximum Gasteiger partial charge on any atom is 0.573 e. The second-order valence-corrected chi connectivity index (χ2v) is 7.56. The van der Waals surface area contributed by atoms with Crippen molar-refractivity contribution in [1.82, 2.24) is 20.1 Å². The van der Waals surface area contributed by atoms with Crippen molar-refractivity contribution in [2.24, 2.45) is 0 Å². The summed E-state index contributed by atoms with van der Waals surface area (Å²) in [6.45, 7) is 9.11. The standard InChI is InChI=1S/C21H21F3N4O3/c1-5-13-10-11-25-18-17(13)16(12-26-19(29)31-20(2,3)4)27-28(18)14-6-8-15(9-7-14)30-21(22,23)24/h5-11H,1,12H2,2-4H3,(H,26,29). The topological polar surface area (TPSA) is 78.3 Å². The van der Waals surface area contributed by atoms with Crippen LogP contribution in [0.3, 0.4) is 0 Å². The Morgan fingerprint density at radius 1 is 1.19 bits per heavy atom. The van der Waals surface area contributed by atoms with Crippen LogP contribution in [0.2, 0.25) is 0 Å². The molecule has 0 aliphatic heterocycles. The molecule has 2 aromatic heterocycles. The highest BCUT2D eigenvalue weighted by Crippen LogP contribution is 2.27. The van der Waals surface area contributed by atoms with Crippen LogP contribution in [-0.4, -0.2) is 32.8 Å². The second kappa shape index (κ2) is 8.29. The van der Waals surface area contributed by atoms with Crippen LogP contribution in [0, 0.1) is 0 Å². The predicted octanol–water partition coefficient (Wildman–Crippen LogP) is 4.99. The molecule has 3 rings (SSSR count). The number of carbonyl (C=O) groups is 1. The number of hydrogen-bond acceptors (Lipinski definition) is 5. The highest BCUT2D eigenvalue weighted by Gasteiger charge is 2.31. The monoisotopic (exact) mass is 434 g/mol. The summed E-state index contributed by atoms with van der Waals surface area (Å²) in [7, 11) is 0. The number of alkyl halides is 3. The Morgan fingerprint density at radius 3 is 2.45 bits per heavy atom. The first-order valence-corrected chi connectivity index (χ1v) is 9.29. The minimum absolute atomic E-state index is 0.0558. The Balaban J connectivity index is 1.96. The van der Waals surface area contributed by atoms with Gasteiger partial charge in [0, 0.05) is 6.20 Å². The molecule has 164 valence electrons. The predicted molar refractivity (Wildman–Crippen MR) is 109 cm³/mol. The van der Waals surface area contributed by atoms with E-state index in [4.69, 9.17) is 4.74 Å². The van der Waals surface area contributed by atoms with Crippen molar-refractivity contribution in [1.29, 1.82) is 0 Å². The highest BCUT2D eigenvalue weighted by molar-refractivity contribution is 5.89. The maximum atomic E-state index is 12.4. The molecule has 31 heavy (non-hydrogen) atoms. The summed E-state index contributed by atoms with van der Waals surface area (Å²) in [4.78, 5) is 16.4. The minimum atomic E-state index is -4.78. The molecule has 1 aromatic carbocycles. The number of carbonyl (C=O) groups excluding carboxylic acids is 1. The average Bonchev–Trinajstić information content (AvgIpc) is 3.03. The molecule has 10 heteroatoms. The summed E-state index contributed by atoms with van der Waals surface area (Å²) in [6.07, 6.45) is -2.18. The number of nitrogens with zero attached hydrogens (tertiary/aromatic N) is 3. The molecular formula is C21H21F3N4O3. The lowest BCUT2D eigenvalue weighted by Gasteiger charge is -2.19. The van der Waals surface area contributed by atoms with E-state index in [9.17, 15) is 18.0 Å². The molecule has 2 heterocycles. The Kier molecular flexibility index (Phi) is 5.92. The van der Waals surface area contributed by atoms with Crippen molar-refractivity contribution in [3.63, 3.8) is 0 Å². The van der Waals surface area contributed by atoms with Crippen molar-refractivity contribution in [3.8, 4) is 11.4 Å². The van der Waals surface area contributed by atoms with E-state index in [0.29, 0.717) is 22.4 Å². The molecule has 0 aliphatic rings. The zero-order valence-corrected chi connectivity index (χ0v) is 17.2. The van der Waals surface area contributed by atoms with E-state index in [1.807, 2.05) is 0 Å². The molecule has 0 fully saturated rings. The SMILES string of the molecule is C=Cc1ccnc2c1c(CNC(=O)OC(C)(C)C)nn2-c1ccc(OC(F)(F)F)cc1. The first-order valence-electron chi connectivity index (χ1n) is 9.29. The number of rotatable bonds is 5. The van der Waals surface area contributed by atoms with Crippen LogP contribution >= 0.6 is 0 Å². The van der Waals surface area contributed by atoms with E-state index in [1.165, 1.54) is 28.9 Å². The fourth-order valence-corrected chi connectivity index (χ4v) is 2.87. The molecule has 0 bridgehead atoms. The number of aromatic nitrogens is 3. The lowest BCUT2D eigenvalue weighted by atomic mass is 10.1. The first-order chi connectivity index (χ1) is 14.5. The van der Waals surface area contributed by atoms with Crippen LogP contribution in [0.5, 0.6) is 5.75 Å². The van der Waals surface area contributed by atoms with Gasteiger partial charge in [0.25, 0.3) is 0 Å². The Hall–Kier alpha value is -3.56. The van der Waals surface area contributed by atoms with Gasteiger partial charge in [-0.05, 0) is 56.7 Å². The van der Waals surface area contributed by atoms with Crippen LogP contribution in [0.15, 0.2) is 43.1 Å². The molecule has 0 radical (unpaired) electrons. The van der Waals surface area contributed by atoms with Gasteiger partial charge in [-0.15, -0.1) is 13.2 Å². The van der Waals surface area contributed by atoms with Gasteiger partial charge in [-0.25, -0.2) is 14.5 Å². The maximum absolute atomic E-state index is 12.4. The number of pyridine rings is 1. The van der Waals surface area contributed by atoms with Crippen LogP contribution in [-0.2, 0) is 11.3 Å². The molecule has 0 saturated heterocycles. The lowest BCUT2D eigenvalue weighted by molar-refractivity contribution is -0.274. The number of nitrogens with one attached hydrogen (secondary N) is 1. The molecule has 1 amide bonds. The zero-order chi connectivity index (χ0) is 22.8. The van der Waals surface area contributed by atoms with E-state index >= 15 is 0 Å². The van der Waals surface area contributed by atoms with Gasteiger partial charge in [0.05, 0.1) is 23.3 Å². The number of fused-ring (bicyclic) bond motifs is 1. The number of benzene rings is 1. The molecule has 0 aliphatic carbocycles. The Morgan fingerprint density at radius 2 is 1.87 bits per heavy atom. The summed E-state index contributed by atoms with van der Waals surface area (Å²) in [6, 6.07) is 6.99. The average molecular weight is 434 g/mol. The van der Waals surface area contributed by atoms with Crippen molar-refractivity contribution in [3.05, 3.63) is 54.4 Å². The largest absolute Gasteiger partial charge is 0.573 e. The summed E-state index contributed by atoms with van der Waals surface area (Å²) in [5, 5.41) is 7.83. The molecule has 7 nitrogen and oxygen atoms in total. The summed E-state index contributed by atoms with van der Waals surface area (Å²) in [5.41, 5.74) is 1.52. The Bertz CT molecular complexity index is 1100. The molecule has 3 aromatic rings. The van der Waals surface area contributed by atoms with Gasteiger partial charge in [0.1, 0.15) is 11.4 Å². The quantitative estimate of drug-likeness (QED) is 0.612. The number of alkyl carbamates (subject to hydrolysis) is 1. The third-order valence-electron chi connectivity index (χ3n) is 4.01. The second-order valence-electron chi connectivity index (χ2n) is 7.56. The van der Waals surface area contributed by atoms with Crippen molar-refractivity contribution >= 4 is 23.2 Å². The summed E-state index contributed by atoms with van der Waals surface area (Å²) in [5.74, 6) is -0.348. The van der Waals surface area contributed by atoms with Gasteiger partial charge in [-0.1, -0.05) is 12.7 Å². The van der Waals surface area contributed by atoms with Crippen molar-refractivity contribution in [2.45, 2.75) is 39.3 Å². The zero-order valence-electron chi connectivity index (χ0n) is 17.2. The van der Waals surface area contributed by atoms with Crippen LogP contribution in [0.1, 0.15) is 32.0 Å². The third-order valence-corrected chi connectivity index (χ3v) is 4.01.